The number of fused-ring (bicyclic) bond motifs is 1. The lowest BCUT2D eigenvalue weighted by molar-refractivity contribution is -0.150. The molecule has 0 bridgehead atoms. The first-order chi connectivity index (χ1) is 13.6. The van der Waals surface area contributed by atoms with E-state index in [1.807, 2.05) is 18.2 Å². The van der Waals surface area contributed by atoms with Gasteiger partial charge in [0.2, 0.25) is 0 Å². The first-order valence-corrected chi connectivity index (χ1v) is 9.71. The van der Waals surface area contributed by atoms with Crippen LogP contribution in [-0.2, 0) is 14.3 Å². The number of benzene rings is 2. The van der Waals surface area contributed by atoms with Crippen molar-refractivity contribution in [2.45, 2.75) is 17.9 Å². The van der Waals surface area contributed by atoms with Crippen molar-refractivity contribution >= 4 is 29.3 Å². The van der Waals surface area contributed by atoms with Crippen LogP contribution in [0.5, 0.6) is 17.2 Å². The molecule has 1 heterocycles. The summed E-state index contributed by atoms with van der Waals surface area (Å²) < 4.78 is 21.4. The Hall–Kier alpha value is -2.87. The van der Waals surface area contributed by atoms with E-state index in [9.17, 15) is 9.59 Å². The van der Waals surface area contributed by atoms with Crippen molar-refractivity contribution < 1.29 is 28.5 Å². The van der Waals surface area contributed by atoms with Crippen LogP contribution in [0.3, 0.4) is 0 Å². The summed E-state index contributed by atoms with van der Waals surface area (Å²) in [6.45, 7) is 2.56. The van der Waals surface area contributed by atoms with Crippen LogP contribution in [0.2, 0.25) is 0 Å². The number of rotatable bonds is 7. The van der Waals surface area contributed by atoms with Crippen LogP contribution in [0, 0.1) is 0 Å². The maximum atomic E-state index is 12.3. The topological polar surface area (TPSA) is 83.1 Å². The highest BCUT2D eigenvalue weighted by Crippen LogP contribution is 2.34. The van der Waals surface area contributed by atoms with E-state index in [-0.39, 0.29) is 5.75 Å². The van der Waals surface area contributed by atoms with Crippen LogP contribution >= 0.6 is 11.8 Å². The summed E-state index contributed by atoms with van der Waals surface area (Å²) in [5, 5.41) is 2.70. The van der Waals surface area contributed by atoms with Gasteiger partial charge in [-0.15, -0.1) is 11.8 Å². The van der Waals surface area contributed by atoms with Gasteiger partial charge in [0.25, 0.3) is 5.91 Å². The van der Waals surface area contributed by atoms with E-state index in [2.05, 4.69) is 5.32 Å². The molecule has 0 aliphatic carbocycles. The quantitative estimate of drug-likeness (QED) is 0.562. The molecular weight excluding hydrogens is 382 g/mol. The first-order valence-electron chi connectivity index (χ1n) is 8.72. The number of carbonyl (C=O) groups is 2. The highest BCUT2D eigenvalue weighted by molar-refractivity contribution is 8.00. The van der Waals surface area contributed by atoms with Gasteiger partial charge in [-0.05, 0) is 37.3 Å². The minimum atomic E-state index is -0.932. The van der Waals surface area contributed by atoms with E-state index in [4.69, 9.17) is 18.9 Å². The molecule has 0 fully saturated rings. The molecule has 2 aromatic rings. The number of amides is 1. The number of carbonyl (C=O) groups excluding carboxylic acids is 2. The molecule has 0 spiro atoms. The van der Waals surface area contributed by atoms with Crippen molar-refractivity contribution in [3.8, 4) is 17.2 Å². The fourth-order valence-corrected chi connectivity index (χ4v) is 3.23. The van der Waals surface area contributed by atoms with Crippen molar-refractivity contribution in [1.29, 1.82) is 0 Å². The Labute approximate surface area is 167 Å². The normalized spacial score (nSPS) is 13.4. The summed E-state index contributed by atoms with van der Waals surface area (Å²) in [6.07, 6.45) is -0.932. The van der Waals surface area contributed by atoms with E-state index in [1.54, 1.807) is 24.3 Å². The molecule has 0 radical (unpaired) electrons. The van der Waals surface area contributed by atoms with Gasteiger partial charge in [0.05, 0.1) is 18.6 Å². The Bertz CT molecular complexity index is 856. The molecule has 3 rings (SSSR count). The lowest BCUT2D eigenvalue weighted by atomic mass is 10.2. The summed E-state index contributed by atoms with van der Waals surface area (Å²) in [4.78, 5) is 25.2. The van der Waals surface area contributed by atoms with Gasteiger partial charge in [0.15, 0.2) is 17.6 Å². The van der Waals surface area contributed by atoms with E-state index in [0.29, 0.717) is 36.1 Å². The largest absolute Gasteiger partial charge is 0.495 e. The third-order valence-electron chi connectivity index (χ3n) is 3.91. The van der Waals surface area contributed by atoms with Crippen molar-refractivity contribution in [3.05, 3.63) is 42.5 Å². The zero-order chi connectivity index (χ0) is 19.9. The Morgan fingerprint density at radius 3 is 2.68 bits per heavy atom. The zero-order valence-corrected chi connectivity index (χ0v) is 16.4. The summed E-state index contributed by atoms with van der Waals surface area (Å²) in [5.41, 5.74) is 0.517. The van der Waals surface area contributed by atoms with Crippen molar-refractivity contribution in [1.82, 2.24) is 0 Å². The average Bonchev–Trinajstić information content (AvgIpc) is 2.72. The second-order valence-corrected chi connectivity index (χ2v) is 6.96. The molecule has 0 unspecified atom stereocenters. The molecule has 28 heavy (non-hydrogen) atoms. The molecule has 0 saturated heterocycles. The smallest absolute Gasteiger partial charge is 0.317 e. The second-order valence-electron chi connectivity index (χ2n) is 5.92. The number of hydrogen-bond acceptors (Lipinski definition) is 7. The third-order valence-corrected chi connectivity index (χ3v) is 4.88. The number of methoxy groups -OCH3 is 1. The summed E-state index contributed by atoms with van der Waals surface area (Å²) in [7, 11) is 1.52. The van der Waals surface area contributed by atoms with Gasteiger partial charge >= 0.3 is 5.97 Å². The monoisotopic (exact) mass is 403 g/mol. The van der Waals surface area contributed by atoms with Crippen molar-refractivity contribution in [2.75, 3.05) is 31.4 Å². The van der Waals surface area contributed by atoms with E-state index in [1.165, 1.54) is 25.8 Å². The van der Waals surface area contributed by atoms with Gasteiger partial charge < -0.3 is 24.3 Å². The predicted octanol–water partition coefficient (Wildman–Crippen LogP) is 3.13. The van der Waals surface area contributed by atoms with Crippen LogP contribution in [0.25, 0.3) is 0 Å². The predicted molar refractivity (Wildman–Crippen MR) is 105 cm³/mol. The number of nitrogens with one attached hydrogen (secondary N) is 1. The number of esters is 1. The lowest BCUT2D eigenvalue weighted by Gasteiger charge is -2.18. The molecule has 8 heteroatoms. The van der Waals surface area contributed by atoms with Gasteiger partial charge in [0, 0.05) is 4.90 Å². The van der Waals surface area contributed by atoms with E-state index < -0.39 is 18.0 Å². The summed E-state index contributed by atoms with van der Waals surface area (Å²) in [5.74, 6) is 1.05. The third kappa shape index (κ3) is 5.10. The number of hydrogen-bond donors (Lipinski definition) is 1. The van der Waals surface area contributed by atoms with Gasteiger partial charge in [-0.1, -0.05) is 12.1 Å². The number of ether oxygens (including phenoxy) is 4. The highest BCUT2D eigenvalue weighted by Gasteiger charge is 2.19. The van der Waals surface area contributed by atoms with E-state index >= 15 is 0 Å². The number of thioether (sulfide) groups is 1. The van der Waals surface area contributed by atoms with Crippen LogP contribution in [0.15, 0.2) is 47.4 Å². The Morgan fingerprint density at radius 1 is 1.14 bits per heavy atom. The molecule has 1 N–H and O–H groups in total. The van der Waals surface area contributed by atoms with Gasteiger partial charge in [-0.3, -0.25) is 9.59 Å². The molecule has 1 amide bonds. The highest BCUT2D eigenvalue weighted by atomic mass is 32.2. The molecule has 0 saturated carbocycles. The molecule has 0 aromatic heterocycles. The SMILES string of the molecule is COc1ccccc1NC(=O)[C@@H](C)OC(=O)CSc1ccc2c(c1)OCCO2. The minimum Gasteiger partial charge on any atom is -0.495 e. The van der Waals surface area contributed by atoms with Crippen LogP contribution in [-0.4, -0.2) is 44.1 Å². The molecule has 1 aliphatic heterocycles. The first kappa shape index (κ1) is 19.9. The molecular formula is C20H21NO6S. The standard InChI is InChI=1S/C20H21NO6S/c1-13(20(23)21-15-5-3-4-6-16(15)24-2)27-19(22)12-28-14-7-8-17-18(11-14)26-10-9-25-17/h3-8,11,13H,9-10,12H2,1-2H3,(H,21,23)/t13-/m1/s1. The Morgan fingerprint density at radius 2 is 1.89 bits per heavy atom. The summed E-state index contributed by atoms with van der Waals surface area (Å²) >= 11 is 1.30. The number of anilines is 1. The van der Waals surface area contributed by atoms with Gasteiger partial charge in [-0.2, -0.15) is 0 Å². The minimum absolute atomic E-state index is 0.0753. The van der Waals surface area contributed by atoms with Gasteiger partial charge in [-0.25, -0.2) is 0 Å². The fourth-order valence-electron chi connectivity index (χ4n) is 2.52. The Balaban J connectivity index is 1.49. The fraction of sp³-hybridized carbons (Fsp3) is 0.300. The Kier molecular flexibility index (Phi) is 6.65. The molecule has 7 nitrogen and oxygen atoms in total. The number of para-hydroxylation sites is 2. The maximum absolute atomic E-state index is 12.3. The molecule has 1 atom stereocenters. The second kappa shape index (κ2) is 9.36. The van der Waals surface area contributed by atoms with Crippen LogP contribution in [0.4, 0.5) is 5.69 Å². The van der Waals surface area contributed by atoms with Crippen LogP contribution < -0.4 is 19.5 Å². The molecule has 148 valence electrons. The zero-order valence-electron chi connectivity index (χ0n) is 15.6. The van der Waals surface area contributed by atoms with Crippen molar-refractivity contribution in [3.63, 3.8) is 0 Å². The molecule has 1 aliphatic rings. The maximum Gasteiger partial charge on any atom is 0.317 e. The van der Waals surface area contributed by atoms with Gasteiger partial charge in [0.1, 0.15) is 19.0 Å². The van der Waals surface area contributed by atoms with Crippen molar-refractivity contribution in [2.24, 2.45) is 0 Å². The van der Waals surface area contributed by atoms with Crippen LogP contribution in [0.1, 0.15) is 6.92 Å². The molecule has 2 aromatic carbocycles. The van der Waals surface area contributed by atoms with E-state index in [0.717, 1.165) is 4.90 Å². The summed E-state index contributed by atoms with van der Waals surface area (Å²) in [6, 6.07) is 12.5. The lowest BCUT2D eigenvalue weighted by Crippen LogP contribution is -2.30. The average molecular weight is 403 g/mol.